The third-order valence-corrected chi connectivity index (χ3v) is 4.65. The van der Waals surface area contributed by atoms with E-state index in [0.717, 1.165) is 4.90 Å². The van der Waals surface area contributed by atoms with Crippen molar-refractivity contribution in [2.24, 2.45) is 0 Å². The summed E-state index contributed by atoms with van der Waals surface area (Å²) in [7, 11) is 0. The largest absolute Gasteiger partial charge is 0.325 e. The summed E-state index contributed by atoms with van der Waals surface area (Å²) < 4.78 is 0. The van der Waals surface area contributed by atoms with E-state index < -0.39 is 34.7 Å². The molecule has 0 spiro atoms. The van der Waals surface area contributed by atoms with Crippen LogP contribution in [-0.4, -0.2) is 34.1 Å². The van der Waals surface area contributed by atoms with Gasteiger partial charge in [0.15, 0.2) is 5.78 Å². The lowest BCUT2D eigenvalue weighted by molar-refractivity contribution is -0.384. The zero-order valence-electron chi connectivity index (χ0n) is 14.1. The first kappa shape index (κ1) is 18.5. The minimum atomic E-state index is -1.41. The fraction of sp³-hybridized carbons (Fsp3) is 0.167. The Bertz CT molecular complexity index is 942. The van der Waals surface area contributed by atoms with Crippen molar-refractivity contribution in [3.05, 3.63) is 74.8 Å². The van der Waals surface area contributed by atoms with E-state index in [1.807, 2.05) is 0 Å². The highest BCUT2D eigenvalue weighted by atomic mass is 35.5. The van der Waals surface area contributed by atoms with Crippen molar-refractivity contribution in [2.75, 3.05) is 6.54 Å². The van der Waals surface area contributed by atoms with Gasteiger partial charge in [-0.15, -0.1) is 0 Å². The molecule has 1 atom stereocenters. The third-order valence-electron chi connectivity index (χ3n) is 4.40. The minimum Gasteiger partial charge on any atom is -0.319 e. The van der Waals surface area contributed by atoms with E-state index in [1.165, 1.54) is 43.3 Å². The number of nitro groups is 1. The summed E-state index contributed by atoms with van der Waals surface area (Å²) in [5, 5.41) is 13.8. The number of Topliss-reactive ketones (excluding diaryl/α,β-unsaturated/α-hetero) is 1. The number of nitrogens with one attached hydrogen (secondary N) is 1. The minimum absolute atomic E-state index is 0.131. The molecule has 1 aliphatic heterocycles. The van der Waals surface area contributed by atoms with E-state index in [9.17, 15) is 24.5 Å². The maximum atomic E-state index is 12.8. The summed E-state index contributed by atoms with van der Waals surface area (Å²) in [5.74, 6) is -1.02. The summed E-state index contributed by atoms with van der Waals surface area (Å²) >= 11 is 5.79. The first-order valence-corrected chi connectivity index (χ1v) is 8.28. The van der Waals surface area contributed by atoms with Crippen molar-refractivity contribution in [1.82, 2.24) is 10.2 Å². The number of urea groups is 1. The Balaban J connectivity index is 1.82. The van der Waals surface area contributed by atoms with Crippen LogP contribution in [0.25, 0.3) is 0 Å². The SMILES string of the molecule is CC1(c2ccc([N+](=O)[O-])cc2)NC(=O)N(CC(=O)c2ccc(Cl)cc2)C1=O. The maximum absolute atomic E-state index is 12.8. The predicted octanol–water partition coefficient (Wildman–Crippen LogP) is 2.90. The number of nitro benzene ring substituents is 1. The molecule has 0 bridgehead atoms. The summed E-state index contributed by atoms with van der Waals surface area (Å²) in [4.78, 5) is 48.5. The lowest BCUT2D eigenvalue weighted by atomic mass is 9.92. The molecular formula is C18H14ClN3O5. The van der Waals surface area contributed by atoms with Gasteiger partial charge in [0.2, 0.25) is 0 Å². The van der Waals surface area contributed by atoms with Crippen LogP contribution in [-0.2, 0) is 10.3 Å². The van der Waals surface area contributed by atoms with E-state index >= 15 is 0 Å². The molecule has 0 aliphatic carbocycles. The van der Waals surface area contributed by atoms with Gasteiger partial charge >= 0.3 is 6.03 Å². The molecule has 1 fully saturated rings. The zero-order valence-corrected chi connectivity index (χ0v) is 14.9. The summed E-state index contributed by atoms with van der Waals surface area (Å²) in [6.07, 6.45) is 0. The molecule has 0 radical (unpaired) electrons. The topological polar surface area (TPSA) is 110 Å². The van der Waals surface area contributed by atoms with Crippen LogP contribution in [0.1, 0.15) is 22.8 Å². The van der Waals surface area contributed by atoms with Crippen molar-refractivity contribution in [2.45, 2.75) is 12.5 Å². The second-order valence-electron chi connectivity index (χ2n) is 6.18. The molecular weight excluding hydrogens is 374 g/mol. The van der Waals surface area contributed by atoms with Gasteiger partial charge in [0.25, 0.3) is 11.6 Å². The third kappa shape index (κ3) is 3.39. The van der Waals surface area contributed by atoms with E-state index in [2.05, 4.69) is 5.32 Å². The van der Waals surface area contributed by atoms with E-state index in [0.29, 0.717) is 16.1 Å². The number of non-ortho nitro benzene ring substituents is 1. The number of halogens is 1. The van der Waals surface area contributed by atoms with Crippen molar-refractivity contribution < 1.29 is 19.3 Å². The number of hydrogen-bond acceptors (Lipinski definition) is 5. The molecule has 2 aromatic rings. The average Bonchev–Trinajstić information content (AvgIpc) is 2.86. The van der Waals surface area contributed by atoms with Gasteiger partial charge in [0.1, 0.15) is 5.54 Å². The smallest absolute Gasteiger partial charge is 0.319 e. The van der Waals surface area contributed by atoms with Crippen LogP contribution in [0.2, 0.25) is 5.02 Å². The number of nitrogens with zero attached hydrogens (tertiary/aromatic N) is 2. The molecule has 2 aromatic carbocycles. The molecule has 1 unspecified atom stereocenters. The van der Waals surface area contributed by atoms with Gasteiger partial charge in [0.05, 0.1) is 11.5 Å². The van der Waals surface area contributed by atoms with Crippen LogP contribution in [0.4, 0.5) is 10.5 Å². The molecule has 9 heteroatoms. The molecule has 3 rings (SSSR count). The van der Waals surface area contributed by atoms with Gasteiger partial charge in [-0.1, -0.05) is 11.6 Å². The molecule has 1 heterocycles. The molecule has 0 saturated carbocycles. The fourth-order valence-electron chi connectivity index (χ4n) is 2.82. The van der Waals surface area contributed by atoms with Crippen LogP contribution in [0.5, 0.6) is 0 Å². The number of imide groups is 1. The number of carbonyl (C=O) groups is 3. The van der Waals surface area contributed by atoms with Gasteiger partial charge in [-0.3, -0.25) is 24.6 Å². The normalized spacial score (nSPS) is 19.1. The molecule has 3 amide bonds. The Kier molecular flexibility index (Phi) is 4.67. The summed E-state index contributed by atoms with van der Waals surface area (Å²) in [5.41, 5.74) is -0.835. The zero-order chi connectivity index (χ0) is 19.8. The van der Waals surface area contributed by atoms with Gasteiger partial charge in [-0.25, -0.2) is 4.79 Å². The monoisotopic (exact) mass is 387 g/mol. The van der Waals surface area contributed by atoms with E-state index in [1.54, 1.807) is 12.1 Å². The van der Waals surface area contributed by atoms with Crippen LogP contribution in [0.3, 0.4) is 0 Å². The number of hydrogen-bond donors (Lipinski definition) is 1. The van der Waals surface area contributed by atoms with Crippen LogP contribution >= 0.6 is 11.6 Å². The average molecular weight is 388 g/mol. The second kappa shape index (κ2) is 6.81. The van der Waals surface area contributed by atoms with E-state index in [-0.39, 0.29) is 5.69 Å². The van der Waals surface area contributed by atoms with Gasteiger partial charge in [-0.05, 0) is 48.9 Å². The number of amides is 3. The highest BCUT2D eigenvalue weighted by Crippen LogP contribution is 2.30. The standard InChI is InChI=1S/C18H14ClN3O5/c1-18(12-4-8-14(9-5-12)22(26)27)16(24)21(17(25)20-18)10-15(23)11-2-6-13(19)7-3-11/h2-9H,10H2,1H3,(H,20,25). The van der Waals surface area contributed by atoms with Crippen molar-refractivity contribution >= 4 is 35.0 Å². The number of benzene rings is 2. The molecule has 27 heavy (non-hydrogen) atoms. The molecule has 1 saturated heterocycles. The van der Waals surface area contributed by atoms with Crippen LogP contribution in [0.15, 0.2) is 48.5 Å². The quantitative estimate of drug-likeness (QED) is 0.367. The molecule has 138 valence electrons. The number of rotatable bonds is 5. The van der Waals surface area contributed by atoms with Gasteiger partial charge in [-0.2, -0.15) is 0 Å². The highest BCUT2D eigenvalue weighted by Gasteiger charge is 2.49. The second-order valence-corrected chi connectivity index (χ2v) is 6.62. The molecule has 8 nitrogen and oxygen atoms in total. The first-order valence-electron chi connectivity index (χ1n) is 7.90. The Morgan fingerprint density at radius 1 is 1.15 bits per heavy atom. The van der Waals surface area contributed by atoms with Crippen molar-refractivity contribution in [1.29, 1.82) is 0 Å². The van der Waals surface area contributed by atoms with Gasteiger partial charge < -0.3 is 5.32 Å². The van der Waals surface area contributed by atoms with Gasteiger partial charge in [0, 0.05) is 22.7 Å². The predicted molar refractivity (Wildman–Crippen MR) is 96.5 cm³/mol. The highest BCUT2D eigenvalue weighted by molar-refractivity contribution is 6.30. The van der Waals surface area contributed by atoms with Crippen molar-refractivity contribution in [3.63, 3.8) is 0 Å². The van der Waals surface area contributed by atoms with Crippen LogP contribution in [0, 0.1) is 10.1 Å². The Morgan fingerprint density at radius 3 is 2.30 bits per heavy atom. The van der Waals surface area contributed by atoms with Crippen LogP contribution < -0.4 is 5.32 Å². The number of carbonyl (C=O) groups excluding carboxylic acids is 3. The lowest BCUT2D eigenvalue weighted by Crippen LogP contribution is -2.41. The number of ketones is 1. The fourth-order valence-corrected chi connectivity index (χ4v) is 2.95. The Hall–Kier alpha value is -3.26. The van der Waals surface area contributed by atoms with E-state index in [4.69, 9.17) is 11.6 Å². The Morgan fingerprint density at radius 2 is 1.74 bits per heavy atom. The molecule has 1 aliphatic rings. The molecule has 1 N–H and O–H groups in total. The Labute approximate surface area is 158 Å². The summed E-state index contributed by atoms with van der Waals surface area (Å²) in [6, 6.07) is 10.7. The summed E-state index contributed by atoms with van der Waals surface area (Å²) in [6.45, 7) is 1.07. The first-order chi connectivity index (χ1) is 12.7. The lowest BCUT2D eigenvalue weighted by Gasteiger charge is -2.22. The van der Waals surface area contributed by atoms with Crippen molar-refractivity contribution in [3.8, 4) is 0 Å². The maximum Gasteiger partial charge on any atom is 0.325 e. The molecule has 0 aromatic heterocycles.